The van der Waals surface area contributed by atoms with Gasteiger partial charge < -0.3 is 14.2 Å². The lowest BCUT2D eigenvalue weighted by molar-refractivity contribution is -0.167. The van der Waals surface area contributed by atoms with Gasteiger partial charge in [0.25, 0.3) is 0 Å². The Hall–Kier alpha value is -4.45. The fourth-order valence-electron chi connectivity index (χ4n) is 5.27. The van der Waals surface area contributed by atoms with E-state index in [1.54, 1.807) is 0 Å². The number of rotatable bonds is 37. The number of carbonyl (C=O) groups is 3. The summed E-state index contributed by atoms with van der Waals surface area (Å²) in [6.45, 7) is 6.21. The zero-order valence-electron chi connectivity index (χ0n) is 36.5. The fourth-order valence-corrected chi connectivity index (χ4v) is 5.27. The maximum atomic E-state index is 12.7. The summed E-state index contributed by atoms with van der Waals surface area (Å²) >= 11 is 0. The van der Waals surface area contributed by atoms with Crippen molar-refractivity contribution in [2.24, 2.45) is 0 Å². The number of hydrogen-bond donors (Lipinski definition) is 0. The molecule has 0 spiro atoms. The van der Waals surface area contributed by atoms with Gasteiger partial charge in [-0.25, -0.2) is 0 Å². The highest BCUT2D eigenvalue weighted by Gasteiger charge is 2.19. The Morgan fingerprint density at radius 3 is 1.26 bits per heavy atom. The molecule has 0 aliphatic rings. The summed E-state index contributed by atoms with van der Waals surface area (Å²) in [6.07, 6.45) is 63.0. The van der Waals surface area contributed by atoms with Gasteiger partial charge in [-0.3, -0.25) is 14.4 Å². The van der Waals surface area contributed by atoms with Gasteiger partial charge in [0.15, 0.2) is 6.10 Å². The first kappa shape index (κ1) is 53.6. The van der Waals surface area contributed by atoms with Crippen LogP contribution in [0.5, 0.6) is 0 Å². The maximum absolute atomic E-state index is 12.7. The van der Waals surface area contributed by atoms with Crippen molar-refractivity contribution in [2.75, 3.05) is 13.2 Å². The Balaban J connectivity index is 4.57. The van der Waals surface area contributed by atoms with Gasteiger partial charge in [0.05, 0.1) is 0 Å². The molecule has 0 bridgehead atoms. The smallest absolute Gasteiger partial charge is 0.306 e. The molecular formula is C52H78O6. The zero-order valence-corrected chi connectivity index (χ0v) is 36.5. The molecule has 0 N–H and O–H groups in total. The summed E-state index contributed by atoms with van der Waals surface area (Å²) in [5.74, 6) is -1.09. The van der Waals surface area contributed by atoms with Gasteiger partial charge in [0.1, 0.15) is 13.2 Å². The predicted octanol–water partition coefficient (Wildman–Crippen LogP) is 14.4. The second-order valence-electron chi connectivity index (χ2n) is 14.1. The van der Waals surface area contributed by atoms with E-state index >= 15 is 0 Å². The van der Waals surface area contributed by atoms with Crippen molar-refractivity contribution in [3.05, 3.63) is 134 Å². The van der Waals surface area contributed by atoms with Gasteiger partial charge in [-0.05, 0) is 70.6 Å². The molecule has 0 radical (unpaired) electrons. The van der Waals surface area contributed by atoms with E-state index in [4.69, 9.17) is 14.2 Å². The van der Waals surface area contributed by atoms with Crippen molar-refractivity contribution < 1.29 is 28.6 Å². The molecule has 0 saturated heterocycles. The second kappa shape index (κ2) is 45.3. The Morgan fingerprint density at radius 2 is 0.741 bits per heavy atom. The minimum atomic E-state index is -0.839. The molecule has 322 valence electrons. The number of unbranched alkanes of at least 4 members (excludes halogenated alkanes) is 12. The molecule has 0 saturated carbocycles. The summed E-state index contributed by atoms with van der Waals surface area (Å²) in [6, 6.07) is 0. The molecule has 6 heteroatoms. The number of esters is 3. The Bertz CT molecular complexity index is 1330. The summed E-state index contributed by atoms with van der Waals surface area (Å²) in [4.78, 5) is 37.6. The van der Waals surface area contributed by atoms with Crippen LogP contribution in [0.3, 0.4) is 0 Å². The number of ether oxygens (including phenoxy) is 3. The van der Waals surface area contributed by atoms with Gasteiger partial charge in [-0.2, -0.15) is 0 Å². The third-order valence-electron chi connectivity index (χ3n) is 8.60. The molecule has 0 aromatic carbocycles. The monoisotopic (exact) mass is 799 g/mol. The van der Waals surface area contributed by atoms with E-state index in [0.29, 0.717) is 25.7 Å². The molecule has 58 heavy (non-hydrogen) atoms. The van der Waals surface area contributed by atoms with Crippen LogP contribution in [0.2, 0.25) is 0 Å². The number of hydrogen-bond acceptors (Lipinski definition) is 6. The van der Waals surface area contributed by atoms with Crippen molar-refractivity contribution >= 4 is 17.9 Å². The molecule has 0 rings (SSSR count). The van der Waals surface area contributed by atoms with Crippen LogP contribution in [-0.4, -0.2) is 37.2 Å². The van der Waals surface area contributed by atoms with Crippen LogP contribution in [0, 0.1) is 0 Å². The van der Waals surface area contributed by atoms with Crippen molar-refractivity contribution in [3.8, 4) is 0 Å². The second-order valence-corrected chi connectivity index (χ2v) is 14.1. The summed E-state index contributed by atoms with van der Waals surface area (Å²) in [5, 5.41) is 0. The minimum Gasteiger partial charge on any atom is -0.462 e. The van der Waals surface area contributed by atoms with Crippen LogP contribution >= 0.6 is 0 Å². The fraction of sp³-hybridized carbons (Fsp3) is 0.519. The van der Waals surface area contributed by atoms with E-state index in [1.165, 1.54) is 32.1 Å². The highest BCUT2D eigenvalue weighted by Crippen LogP contribution is 2.11. The van der Waals surface area contributed by atoms with Crippen LogP contribution in [-0.2, 0) is 28.6 Å². The van der Waals surface area contributed by atoms with Crippen LogP contribution in [0.25, 0.3) is 0 Å². The third-order valence-corrected chi connectivity index (χ3v) is 8.60. The Morgan fingerprint density at radius 1 is 0.362 bits per heavy atom. The molecule has 0 aliphatic carbocycles. The van der Waals surface area contributed by atoms with E-state index in [1.807, 2.05) is 91.1 Å². The number of carbonyl (C=O) groups excluding carboxylic acids is 3. The van der Waals surface area contributed by atoms with Crippen molar-refractivity contribution in [3.63, 3.8) is 0 Å². The molecule has 0 amide bonds. The molecule has 0 aliphatic heterocycles. The molecule has 1 atom stereocenters. The third kappa shape index (κ3) is 42.7. The zero-order chi connectivity index (χ0) is 42.3. The predicted molar refractivity (Wildman–Crippen MR) is 246 cm³/mol. The van der Waals surface area contributed by atoms with Gasteiger partial charge in [0.2, 0.25) is 0 Å². The number of allylic oxidation sites excluding steroid dienone is 22. The van der Waals surface area contributed by atoms with Gasteiger partial charge in [0, 0.05) is 19.3 Å². The molecule has 6 nitrogen and oxygen atoms in total. The first-order valence-corrected chi connectivity index (χ1v) is 22.3. The molecule has 0 heterocycles. The standard InChI is InChI=1S/C52H78O6/c1-4-7-10-13-16-19-21-23-24-25-26-27-29-30-33-36-39-42-45-51(54)57-48-49(47-56-50(53)44-41-38-35-32-18-15-12-9-6-3)58-52(55)46-43-40-37-34-31-28-22-20-17-14-11-8-5-2/h8,10-11,13-14,16-17,19-28,31-32,34-35,37,49H,4-7,9,12,15,18,29-30,33,36,38-48H2,1-3H3/b11-8-,13-10-,17-14-,19-16-,22-20-,23-21-,25-24-,27-26-,31-28-,35-32-,37-34-. The average Bonchev–Trinajstić information content (AvgIpc) is 3.22. The lowest BCUT2D eigenvalue weighted by atomic mass is 10.1. The highest BCUT2D eigenvalue weighted by atomic mass is 16.6. The normalized spacial score (nSPS) is 13.4. The Labute approximate surface area is 354 Å². The summed E-state index contributed by atoms with van der Waals surface area (Å²) in [5.41, 5.74) is 0. The molecule has 0 aromatic rings. The maximum Gasteiger partial charge on any atom is 0.306 e. The minimum absolute atomic E-state index is 0.134. The van der Waals surface area contributed by atoms with Gasteiger partial charge >= 0.3 is 17.9 Å². The van der Waals surface area contributed by atoms with Crippen LogP contribution in [0.1, 0.15) is 156 Å². The van der Waals surface area contributed by atoms with Crippen LogP contribution in [0.15, 0.2) is 134 Å². The van der Waals surface area contributed by atoms with Crippen LogP contribution < -0.4 is 0 Å². The first-order chi connectivity index (χ1) is 28.5. The van der Waals surface area contributed by atoms with Gasteiger partial charge in [-0.15, -0.1) is 0 Å². The SMILES string of the molecule is CC\C=C/C=C\C=C/C=C\C=C/CCCC(=O)OC(COC(=O)CCC/C=C\CCCCCC)COC(=O)CCCCCCC\C=C/C=C\C=C/C=C\C=C/CCC. The topological polar surface area (TPSA) is 78.9 Å². The van der Waals surface area contributed by atoms with E-state index in [0.717, 1.165) is 64.2 Å². The molecule has 1 unspecified atom stereocenters. The molecule has 0 fully saturated rings. The average molecular weight is 799 g/mol. The van der Waals surface area contributed by atoms with Crippen molar-refractivity contribution in [1.29, 1.82) is 0 Å². The molecule has 0 aromatic heterocycles. The Kier molecular flexibility index (Phi) is 41.8. The summed E-state index contributed by atoms with van der Waals surface area (Å²) in [7, 11) is 0. The lowest BCUT2D eigenvalue weighted by Crippen LogP contribution is -2.30. The van der Waals surface area contributed by atoms with E-state index in [-0.39, 0.29) is 38.0 Å². The van der Waals surface area contributed by atoms with E-state index in [2.05, 4.69) is 63.3 Å². The molecular weight excluding hydrogens is 721 g/mol. The van der Waals surface area contributed by atoms with Crippen molar-refractivity contribution in [1.82, 2.24) is 0 Å². The van der Waals surface area contributed by atoms with E-state index < -0.39 is 12.1 Å². The first-order valence-electron chi connectivity index (χ1n) is 22.3. The summed E-state index contributed by atoms with van der Waals surface area (Å²) < 4.78 is 16.5. The highest BCUT2D eigenvalue weighted by molar-refractivity contribution is 5.71. The van der Waals surface area contributed by atoms with E-state index in [9.17, 15) is 14.4 Å². The quantitative estimate of drug-likeness (QED) is 0.0205. The van der Waals surface area contributed by atoms with Crippen molar-refractivity contribution in [2.45, 2.75) is 162 Å². The largest absolute Gasteiger partial charge is 0.462 e. The van der Waals surface area contributed by atoms with Gasteiger partial charge in [-0.1, -0.05) is 199 Å². The lowest BCUT2D eigenvalue weighted by Gasteiger charge is -2.18. The van der Waals surface area contributed by atoms with Crippen LogP contribution in [0.4, 0.5) is 0 Å².